The Balaban J connectivity index is 2.15. The first kappa shape index (κ1) is 14.7. The fourth-order valence-electron chi connectivity index (χ4n) is 2.30. The number of terminal acetylenes is 1. The summed E-state index contributed by atoms with van der Waals surface area (Å²) in [6, 6.07) is 14.8. The van der Waals surface area contributed by atoms with Crippen LogP contribution in [0.15, 0.2) is 54.6 Å². The zero-order valence-electron chi connectivity index (χ0n) is 12.1. The normalized spacial score (nSPS) is 10.3. The van der Waals surface area contributed by atoms with Gasteiger partial charge in [-0.05, 0) is 36.4 Å². The number of nitrogens with zero attached hydrogens (tertiary/aromatic N) is 1. The fraction of sp³-hybridized carbons (Fsp3) is 0.0526. The molecule has 3 rings (SSSR count). The number of benzene rings is 2. The molecule has 1 heterocycles. The Hall–Kier alpha value is -3.19. The summed E-state index contributed by atoms with van der Waals surface area (Å²) in [7, 11) is 0. The van der Waals surface area contributed by atoms with Gasteiger partial charge in [0.15, 0.2) is 6.61 Å². The van der Waals surface area contributed by atoms with Gasteiger partial charge < -0.3 is 4.74 Å². The zero-order valence-corrected chi connectivity index (χ0v) is 12.1. The Kier molecular flexibility index (Phi) is 4.03. The van der Waals surface area contributed by atoms with Gasteiger partial charge in [0.25, 0.3) is 0 Å². The summed E-state index contributed by atoms with van der Waals surface area (Å²) in [5.41, 5.74) is 2.31. The van der Waals surface area contributed by atoms with E-state index in [-0.39, 0.29) is 12.4 Å². The highest BCUT2D eigenvalue weighted by Gasteiger charge is 2.14. The number of esters is 1. The van der Waals surface area contributed by atoms with Crippen LogP contribution >= 0.6 is 0 Å². The van der Waals surface area contributed by atoms with Crippen molar-refractivity contribution in [1.29, 1.82) is 0 Å². The van der Waals surface area contributed by atoms with Crippen molar-refractivity contribution in [3.8, 4) is 23.6 Å². The van der Waals surface area contributed by atoms with Gasteiger partial charge in [-0.3, -0.25) is 0 Å². The highest BCUT2D eigenvalue weighted by Crippen LogP contribution is 2.25. The minimum absolute atomic E-state index is 0.0959. The number of halogens is 1. The van der Waals surface area contributed by atoms with Crippen LogP contribution in [0.1, 0.15) is 10.4 Å². The molecule has 0 unspecified atom stereocenters. The van der Waals surface area contributed by atoms with Crippen molar-refractivity contribution in [2.45, 2.75) is 0 Å². The van der Waals surface area contributed by atoms with E-state index < -0.39 is 5.97 Å². The van der Waals surface area contributed by atoms with Crippen LogP contribution in [0.2, 0.25) is 0 Å². The number of pyridine rings is 1. The van der Waals surface area contributed by atoms with E-state index in [0.29, 0.717) is 27.7 Å². The molecule has 0 aliphatic rings. The number of hydrogen-bond donors (Lipinski definition) is 0. The standard InChI is InChI=1S/C19H12FNO2/c1-2-11-23-19(22)16-12-18(13-7-9-14(20)10-8-13)21-17-6-4-3-5-15(16)17/h1,3-10,12H,11H2. The summed E-state index contributed by atoms with van der Waals surface area (Å²) in [5.74, 6) is 1.43. The van der Waals surface area contributed by atoms with Gasteiger partial charge in [-0.25, -0.2) is 14.2 Å². The average molecular weight is 305 g/mol. The molecule has 3 nitrogen and oxygen atoms in total. The highest BCUT2D eigenvalue weighted by atomic mass is 19.1. The van der Waals surface area contributed by atoms with Crippen molar-refractivity contribution < 1.29 is 13.9 Å². The lowest BCUT2D eigenvalue weighted by molar-refractivity contribution is 0.0559. The lowest BCUT2D eigenvalue weighted by atomic mass is 10.0. The molecule has 112 valence electrons. The van der Waals surface area contributed by atoms with Gasteiger partial charge in [-0.2, -0.15) is 0 Å². The molecule has 1 aromatic heterocycles. The van der Waals surface area contributed by atoms with Gasteiger partial charge in [0, 0.05) is 10.9 Å². The maximum absolute atomic E-state index is 13.1. The van der Waals surface area contributed by atoms with Crippen molar-refractivity contribution in [2.75, 3.05) is 6.61 Å². The van der Waals surface area contributed by atoms with Crippen LogP contribution in [0.25, 0.3) is 22.2 Å². The minimum atomic E-state index is -0.509. The molecule has 0 radical (unpaired) electrons. The Morgan fingerprint density at radius 1 is 1.17 bits per heavy atom. The number of carbonyl (C=O) groups is 1. The fourth-order valence-corrected chi connectivity index (χ4v) is 2.30. The number of aromatic nitrogens is 1. The third kappa shape index (κ3) is 3.04. The van der Waals surface area contributed by atoms with Crippen molar-refractivity contribution in [1.82, 2.24) is 4.98 Å². The van der Waals surface area contributed by atoms with Crippen molar-refractivity contribution in [2.24, 2.45) is 0 Å². The molecule has 0 aliphatic heterocycles. The van der Waals surface area contributed by atoms with Crippen molar-refractivity contribution >= 4 is 16.9 Å². The number of hydrogen-bond acceptors (Lipinski definition) is 3. The maximum atomic E-state index is 13.1. The number of para-hydroxylation sites is 1. The monoisotopic (exact) mass is 305 g/mol. The lowest BCUT2D eigenvalue weighted by Crippen LogP contribution is -2.07. The summed E-state index contributed by atoms with van der Waals surface area (Å²) < 4.78 is 18.1. The first-order valence-electron chi connectivity index (χ1n) is 6.95. The van der Waals surface area contributed by atoms with Gasteiger partial charge in [-0.15, -0.1) is 6.42 Å². The first-order valence-corrected chi connectivity index (χ1v) is 6.95. The molecule has 0 saturated carbocycles. The van der Waals surface area contributed by atoms with E-state index in [0.717, 1.165) is 0 Å². The SMILES string of the molecule is C#CCOC(=O)c1cc(-c2ccc(F)cc2)nc2ccccc12. The molecule has 4 heteroatoms. The molecule has 3 aromatic rings. The highest BCUT2D eigenvalue weighted by molar-refractivity contribution is 6.04. The Morgan fingerprint density at radius 2 is 1.91 bits per heavy atom. The summed E-state index contributed by atoms with van der Waals surface area (Å²) >= 11 is 0. The second kappa shape index (κ2) is 6.29. The molecule has 0 bridgehead atoms. The predicted molar refractivity (Wildman–Crippen MR) is 86.3 cm³/mol. The van der Waals surface area contributed by atoms with Gasteiger partial charge >= 0.3 is 5.97 Å². The minimum Gasteiger partial charge on any atom is -0.449 e. The molecule has 0 fully saturated rings. The summed E-state index contributed by atoms with van der Waals surface area (Å²) in [4.78, 5) is 16.8. The van der Waals surface area contributed by atoms with Crippen LogP contribution in [-0.4, -0.2) is 17.6 Å². The van der Waals surface area contributed by atoms with E-state index in [2.05, 4.69) is 10.9 Å². The molecule has 0 spiro atoms. The molecule has 0 amide bonds. The maximum Gasteiger partial charge on any atom is 0.339 e. The van der Waals surface area contributed by atoms with Crippen LogP contribution in [0, 0.1) is 18.2 Å². The predicted octanol–water partition coefficient (Wildman–Crippen LogP) is 3.83. The molecule has 23 heavy (non-hydrogen) atoms. The van der Waals surface area contributed by atoms with Crippen LogP contribution in [0.3, 0.4) is 0 Å². The van der Waals surface area contributed by atoms with Gasteiger partial charge in [0.2, 0.25) is 0 Å². The number of ether oxygens (including phenoxy) is 1. The summed E-state index contributed by atoms with van der Waals surface area (Å²) in [6.07, 6.45) is 5.13. The lowest BCUT2D eigenvalue weighted by Gasteiger charge is -2.09. The molecule has 0 N–H and O–H groups in total. The van der Waals surface area contributed by atoms with E-state index >= 15 is 0 Å². The first-order chi connectivity index (χ1) is 11.2. The largest absolute Gasteiger partial charge is 0.449 e. The van der Waals surface area contributed by atoms with E-state index in [1.54, 1.807) is 30.3 Å². The smallest absolute Gasteiger partial charge is 0.339 e. The molecule has 0 saturated heterocycles. The Morgan fingerprint density at radius 3 is 2.65 bits per heavy atom. The third-order valence-electron chi connectivity index (χ3n) is 3.36. The summed E-state index contributed by atoms with van der Waals surface area (Å²) in [6.45, 7) is -0.0959. The number of carbonyl (C=O) groups excluding carboxylic acids is 1. The molecule has 2 aromatic carbocycles. The van der Waals surface area contributed by atoms with E-state index in [4.69, 9.17) is 11.2 Å². The van der Waals surface area contributed by atoms with Gasteiger partial charge in [0.05, 0.1) is 16.8 Å². The second-order valence-electron chi connectivity index (χ2n) is 4.86. The average Bonchev–Trinajstić information content (AvgIpc) is 2.59. The Bertz CT molecular complexity index is 911. The van der Waals surface area contributed by atoms with Crippen molar-refractivity contribution in [3.05, 3.63) is 66.0 Å². The quantitative estimate of drug-likeness (QED) is 0.545. The van der Waals surface area contributed by atoms with Gasteiger partial charge in [0.1, 0.15) is 5.82 Å². The summed E-state index contributed by atoms with van der Waals surface area (Å²) in [5, 5.41) is 0.681. The van der Waals surface area contributed by atoms with Crippen LogP contribution in [-0.2, 0) is 4.74 Å². The molecule has 0 atom stereocenters. The van der Waals surface area contributed by atoms with E-state index in [1.165, 1.54) is 12.1 Å². The van der Waals surface area contributed by atoms with E-state index in [9.17, 15) is 9.18 Å². The van der Waals surface area contributed by atoms with Crippen LogP contribution in [0.4, 0.5) is 4.39 Å². The number of rotatable bonds is 3. The van der Waals surface area contributed by atoms with E-state index in [1.807, 2.05) is 12.1 Å². The Labute approximate surface area is 132 Å². The topological polar surface area (TPSA) is 39.2 Å². The van der Waals surface area contributed by atoms with Crippen molar-refractivity contribution in [3.63, 3.8) is 0 Å². The second-order valence-corrected chi connectivity index (χ2v) is 4.86. The number of fused-ring (bicyclic) bond motifs is 1. The molecular formula is C19H12FNO2. The van der Waals surface area contributed by atoms with Crippen LogP contribution in [0.5, 0.6) is 0 Å². The molecular weight excluding hydrogens is 293 g/mol. The van der Waals surface area contributed by atoms with Gasteiger partial charge in [-0.1, -0.05) is 24.1 Å². The third-order valence-corrected chi connectivity index (χ3v) is 3.36. The molecule has 0 aliphatic carbocycles. The zero-order chi connectivity index (χ0) is 16.2. The van der Waals surface area contributed by atoms with Crippen LogP contribution < -0.4 is 0 Å².